The Labute approximate surface area is 133 Å². The van der Waals surface area contributed by atoms with Gasteiger partial charge >= 0.3 is 0 Å². The monoisotopic (exact) mass is 316 g/mol. The van der Waals surface area contributed by atoms with Crippen LogP contribution in [0, 0.1) is 19.7 Å². The normalized spacial score (nSPS) is 10.2. The van der Waals surface area contributed by atoms with Crippen LogP contribution in [0.3, 0.4) is 0 Å². The number of ether oxygens (including phenoxy) is 1. The van der Waals surface area contributed by atoms with E-state index in [4.69, 9.17) is 10.5 Å². The number of carbonyl (C=O) groups excluding carboxylic acids is 2. The molecule has 5 nitrogen and oxygen atoms in total. The highest BCUT2D eigenvalue weighted by molar-refractivity contribution is 5.96. The van der Waals surface area contributed by atoms with Crippen LogP contribution < -0.4 is 15.8 Å². The van der Waals surface area contributed by atoms with Gasteiger partial charge in [-0.05, 0) is 49.2 Å². The van der Waals surface area contributed by atoms with Gasteiger partial charge in [0.25, 0.3) is 11.8 Å². The fourth-order valence-electron chi connectivity index (χ4n) is 2.00. The molecule has 0 saturated carbocycles. The number of nitrogens with one attached hydrogen (secondary N) is 1. The predicted molar refractivity (Wildman–Crippen MR) is 85.0 cm³/mol. The molecule has 0 heterocycles. The fraction of sp³-hybridized carbons (Fsp3) is 0.176. The molecule has 2 rings (SSSR count). The molecule has 6 heteroatoms. The second kappa shape index (κ2) is 6.91. The zero-order valence-corrected chi connectivity index (χ0v) is 12.9. The van der Waals surface area contributed by atoms with E-state index < -0.39 is 17.6 Å². The van der Waals surface area contributed by atoms with Crippen molar-refractivity contribution in [2.24, 2.45) is 5.73 Å². The number of benzene rings is 2. The third-order valence-electron chi connectivity index (χ3n) is 3.22. The third-order valence-corrected chi connectivity index (χ3v) is 3.22. The minimum absolute atomic E-state index is 0.201. The molecule has 2 amide bonds. The molecule has 0 spiro atoms. The smallest absolute Gasteiger partial charge is 0.262 e. The highest BCUT2D eigenvalue weighted by atomic mass is 19.1. The van der Waals surface area contributed by atoms with Crippen molar-refractivity contribution >= 4 is 17.5 Å². The summed E-state index contributed by atoms with van der Waals surface area (Å²) in [6, 6.07) is 9.30. The van der Waals surface area contributed by atoms with Crippen LogP contribution in [0.25, 0.3) is 0 Å². The highest BCUT2D eigenvalue weighted by Crippen LogP contribution is 2.19. The van der Waals surface area contributed by atoms with E-state index in [1.807, 2.05) is 32.0 Å². The second-order valence-electron chi connectivity index (χ2n) is 5.16. The molecule has 0 aliphatic heterocycles. The standard InChI is InChI=1S/C17H17FN2O3/c1-10-3-4-11(2)15(7-10)23-9-16(21)20-12-5-6-14(18)13(8-12)17(19)22/h3-8H,9H2,1-2H3,(H2,19,22)(H,20,21). The highest BCUT2D eigenvalue weighted by Gasteiger charge is 2.11. The average Bonchev–Trinajstić information content (AvgIpc) is 2.50. The van der Waals surface area contributed by atoms with E-state index in [0.717, 1.165) is 17.2 Å². The van der Waals surface area contributed by atoms with Crippen LogP contribution in [0.1, 0.15) is 21.5 Å². The summed E-state index contributed by atoms with van der Waals surface area (Å²) in [4.78, 5) is 23.0. The van der Waals surface area contributed by atoms with Crippen molar-refractivity contribution in [3.05, 3.63) is 58.9 Å². The molecule has 0 bridgehead atoms. The van der Waals surface area contributed by atoms with E-state index in [2.05, 4.69) is 5.32 Å². The minimum atomic E-state index is -0.898. The van der Waals surface area contributed by atoms with Crippen molar-refractivity contribution in [2.45, 2.75) is 13.8 Å². The van der Waals surface area contributed by atoms with Crippen LogP contribution in [-0.2, 0) is 4.79 Å². The van der Waals surface area contributed by atoms with Crippen LogP contribution in [0.2, 0.25) is 0 Å². The lowest BCUT2D eigenvalue weighted by Crippen LogP contribution is -2.21. The van der Waals surface area contributed by atoms with Gasteiger partial charge in [-0.1, -0.05) is 12.1 Å². The Hall–Kier alpha value is -2.89. The Morgan fingerprint density at radius 2 is 1.91 bits per heavy atom. The molecule has 0 unspecified atom stereocenters. The maximum Gasteiger partial charge on any atom is 0.262 e. The molecule has 23 heavy (non-hydrogen) atoms. The van der Waals surface area contributed by atoms with Crippen molar-refractivity contribution in [1.82, 2.24) is 0 Å². The van der Waals surface area contributed by atoms with E-state index in [-0.39, 0.29) is 17.9 Å². The van der Waals surface area contributed by atoms with E-state index >= 15 is 0 Å². The Bertz CT molecular complexity index is 759. The number of hydrogen-bond donors (Lipinski definition) is 2. The molecule has 120 valence electrons. The largest absolute Gasteiger partial charge is 0.483 e. The van der Waals surface area contributed by atoms with E-state index in [0.29, 0.717) is 5.75 Å². The number of carbonyl (C=O) groups is 2. The fourth-order valence-corrected chi connectivity index (χ4v) is 2.00. The number of rotatable bonds is 5. The summed E-state index contributed by atoms with van der Waals surface area (Å²) in [5.74, 6) is -1.43. The summed E-state index contributed by atoms with van der Waals surface area (Å²) in [6.07, 6.45) is 0. The van der Waals surface area contributed by atoms with E-state index in [1.54, 1.807) is 0 Å². The van der Waals surface area contributed by atoms with Crippen LogP contribution in [0.4, 0.5) is 10.1 Å². The Balaban J connectivity index is 2.01. The van der Waals surface area contributed by atoms with Gasteiger partial charge in [0.05, 0.1) is 5.56 Å². The summed E-state index contributed by atoms with van der Waals surface area (Å²) in [7, 11) is 0. The minimum Gasteiger partial charge on any atom is -0.483 e. The Morgan fingerprint density at radius 3 is 2.61 bits per heavy atom. The molecule has 0 atom stereocenters. The first-order valence-electron chi connectivity index (χ1n) is 6.96. The summed E-state index contributed by atoms with van der Waals surface area (Å²) >= 11 is 0. The quantitative estimate of drug-likeness (QED) is 0.889. The lowest BCUT2D eigenvalue weighted by Gasteiger charge is -2.11. The molecule has 0 saturated heterocycles. The van der Waals surface area contributed by atoms with Gasteiger partial charge in [-0.3, -0.25) is 9.59 Å². The first kappa shape index (κ1) is 16.5. The number of anilines is 1. The topological polar surface area (TPSA) is 81.4 Å². The van der Waals surface area contributed by atoms with Gasteiger partial charge in [0.2, 0.25) is 0 Å². The van der Waals surface area contributed by atoms with Crippen molar-refractivity contribution < 1.29 is 18.7 Å². The van der Waals surface area contributed by atoms with Crippen molar-refractivity contribution in [1.29, 1.82) is 0 Å². The molecule has 0 aliphatic rings. The molecule has 0 aliphatic carbocycles. The summed E-state index contributed by atoms with van der Waals surface area (Å²) < 4.78 is 18.8. The summed E-state index contributed by atoms with van der Waals surface area (Å²) in [6.45, 7) is 3.61. The maximum atomic E-state index is 13.4. The van der Waals surface area contributed by atoms with Crippen LogP contribution >= 0.6 is 0 Å². The van der Waals surface area contributed by atoms with Gasteiger partial charge in [-0.25, -0.2) is 4.39 Å². The molecular formula is C17H17FN2O3. The predicted octanol–water partition coefficient (Wildman–Crippen LogP) is 2.56. The molecule has 3 N–H and O–H groups in total. The number of hydrogen-bond acceptors (Lipinski definition) is 3. The van der Waals surface area contributed by atoms with Crippen LogP contribution in [-0.4, -0.2) is 18.4 Å². The van der Waals surface area contributed by atoms with E-state index in [1.165, 1.54) is 12.1 Å². The van der Waals surface area contributed by atoms with Gasteiger partial charge in [0.1, 0.15) is 11.6 Å². The zero-order chi connectivity index (χ0) is 17.0. The van der Waals surface area contributed by atoms with Crippen molar-refractivity contribution in [3.8, 4) is 5.75 Å². The van der Waals surface area contributed by atoms with Crippen molar-refractivity contribution in [2.75, 3.05) is 11.9 Å². The zero-order valence-electron chi connectivity index (χ0n) is 12.9. The number of amides is 2. The second-order valence-corrected chi connectivity index (χ2v) is 5.16. The number of aryl methyl sites for hydroxylation is 2. The van der Waals surface area contributed by atoms with Crippen molar-refractivity contribution in [3.63, 3.8) is 0 Å². The SMILES string of the molecule is Cc1ccc(C)c(OCC(=O)Nc2ccc(F)c(C(N)=O)c2)c1. The Kier molecular flexibility index (Phi) is 4.95. The molecule has 0 aromatic heterocycles. The summed E-state index contributed by atoms with van der Waals surface area (Å²) in [5.41, 5.74) is 7.00. The molecule has 2 aromatic rings. The van der Waals surface area contributed by atoms with Gasteiger partial charge in [0.15, 0.2) is 6.61 Å². The van der Waals surface area contributed by atoms with Gasteiger partial charge < -0.3 is 15.8 Å². The first-order valence-corrected chi connectivity index (χ1v) is 6.96. The number of primary amides is 1. The third kappa shape index (κ3) is 4.29. The molecule has 0 radical (unpaired) electrons. The molecular weight excluding hydrogens is 299 g/mol. The van der Waals surface area contributed by atoms with Gasteiger partial charge in [-0.15, -0.1) is 0 Å². The average molecular weight is 316 g/mol. The summed E-state index contributed by atoms with van der Waals surface area (Å²) in [5, 5.41) is 2.53. The number of nitrogens with two attached hydrogens (primary N) is 1. The van der Waals surface area contributed by atoms with Gasteiger partial charge in [-0.2, -0.15) is 0 Å². The van der Waals surface area contributed by atoms with Crippen LogP contribution in [0.5, 0.6) is 5.75 Å². The van der Waals surface area contributed by atoms with Crippen LogP contribution in [0.15, 0.2) is 36.4 Å². The molecule has 2 aromatic carbocycles. The lowest BCUT2D eigenvalue weighted by molar-refractivity contribution is -0.118. The van der Waals surface area contributed by atoms with Gasteiger partial charge in [0, 0.05) is 5.69 Å². The molecule has 0 fully saturated rings. The Morgan fingerprint density at radius 1 is 1.17 bits per heavy atom. The number of halogens is 1. The first-order chi connectivity index (χ1) is 10.9. The maximum absolute atomic E-state index is 13.4. The lowest BCUT2D eigenvalue weighted by atomic mass is 10.1. The van der Waals surface area contributed by atoms with E-state index in [9.17, 15) is 14.0 Å².